The standard InChI is InChI=1S/C30H28BrNO4/c1-3-5-6-17-35-23-14-9-20(10-15-23)27-26-28(33)24-18-21(31)11-16-25(24)36-29(26)30(34)32(27)22-12-7-19(4-2)8-13-22/h7-16,18,27H,3-6,17H2,1-2H3. The number of unbranched alkanes of at least 4 members (excludes halogenated alkanes) is 2. The van der Waals surface area contributed by atoms with E-state index in [1.807, 2.05) is 48.5 Å². The summed E-state index contributed by atoms with van der Waals surface area (Å²) >= 11 is 3.45. The number of rotatable bonds is 8. The van der Waals surface area contributed by atoms with Gasteiger partial charge in [-0.15, -0.1) is 0 Å². The van der Waals surface area contributed by atoms with E-state index < -0.39 is 6.04 Å². The Balaban J connectivity index is 1.61. The van der Waals surface area contributed by atoms with E-state index in [1.165, 1.54) is 5.56 Å². The number of nitrogens with zero attached hydrogens (tertiary/aromatic N) is 1. The van der Waals surface area contributed by atoms with Gasteiger partial charge in [0, 0.05) is 10.2 Å². The van der Waals surface area contributed by atoms with Crippen molar-refractivity contribution in [3.63, 3.8) is 0 Å². The number of aryl methyl sites for hydroxylation is 1. The fraction of sp³-hybridized carbons (Fsp3) is 0.267. The molecule has 184 valence electrons. The van der Waals surface area contributed by atoms with E-state index in [9.17, 15) is 9.59 Å². The molecule has 6 heteroatoms. The molecule has 1 atom stereocenters. The Bertz CT molecular complexity index is 1460. The molecule has 0 saturated heterocycles. The van der Waals surface area contributed by atoms with Crippen molar-refractivity contribution in [1.29, 1.82) is 0 Å². The lowest BCUT2D eigenvalue weighted by molar-refractivity contribution is 0.0971. The normalized spacial score (nSPS) is 14.9. The average molecular weight is 546 g/mol. The molecule has 1 aliphatic heterocycles. The van der Waals surface area contributed by atoms with Crippen LogP contribution in [0.15, 0.2) is 80.4 Å². The van der Waals surface area contributed by atoms with E-state index in [1.54, 1.807) is 23.1 Å². The molecule has 0 aliphatic carbocycles. The number of hydrogen-bond donors (Lipinski definition) is 0. The van der Waals surface area contributed by atoms with Crippen molar-refractivity contribution in [3.8, 4) is 5.75 Å². The summed E-state index contributed by atoms with van der Waals surface area (Å²) in [5.74, 6) is 0.549. The number of anilines is 1. The van der Waals surface area contributed by atoms with Crippen molar-refractivity contribution in [2.75, 3.05) is 11.5 Å². The van der Waals surface area contributed by atoms with Crippen molar-refractivity contribution in [1.82, 2.24) is 0 Å². The zero-order chi connectivity index (χ0) is 25.2. The smallest absolute Gasteiger partial charge is 0.295 e. The van der Waals surface area contributed by atoms with Gasteiger partial charge in [-0.1, -0.05) is 66.9 Å². The van der Waals surface area contributed by atoms with Gasteiger partial charge in [-0.05, 0) is 66.4 Å². The quantitative estimate of drug-likeness (QED) is 0.216. The molecule has 0 spiro atoms. The molecule has 0 saturated carbocycles. The average Bonchev–Trinajstić information content (AvgIpc) is 3.20. The fourth-order valence-electron chi connectivity index (χ4n) is 4.71. The number of carbonyl (C=O) groups excluding carboxylic acids is 1. The lowest BCUT2D eigenvalue weighted by Gasteiger charge is -2.25. The van der Waals surface area contributed by atoms with Gasteiger partial charge in [0.05, 0.1) is 23.6 Å². The van der Waals surface area contributed by atoms with Gasteiger partial charge in [0.1, 0.15) is 11.3 Å². The third-order valence-electron chi connectivity index (χ3n) is 6.67. The molecule has 1 aromatic heterocycles. The summed E-state index contributed by atoms with van der Waals surface area (Å²) in [6.45, 7) is 4.92. The van der Waals surface area contributed by atoms with Crippen LogP contribution in [0.3, 0.4) is 0 Å². The zero-order valence-electron chi connectivity index (χ0n) is 20.4. The number of fused-ring (bicyclic) bond motifs is 2. The van der Waals surface area contributed by atoms with E-state index in [4.69, 9.17) is 9.15 Å². The molecular weight excluding hydrogens is 518 g/mol. The maximum absolute atomic E-state index is 13.8. The first-order chi connectivity index (χ1) is 17.5. The number of benzene rings is 3. The van der Waals surface area contributed by atoms with Gasteiger partial charge in [0.2, 0.25) is 5.76 Å². The van der Waals surface area contributed by atoms with Crippen LogP contribution in [0.4, 0.5) is 5.69 Å². The Labute approximate surface area is 218 Å². The maximum Gasteiger partial charge on any atom is 0.295 e. The molecule has 1 unspecified atom stereocenters. The van der Waals surface area contributed by atoms with Gasteiger partial charge in [-0.3, -0.25) is 14.5 Å². The van der Waals surface area contributed by atoms with Gasteiger partial charge in [0.15, 0.2) is 5.43 Å². The Morgan fingerprint density at radius 3 is 2.39 bits per heavy atom. The molecule has 0 N–H and O–H groups in total. The first-order valence-electron chi connectivity index (χ1n) is 12.4. The molecule has 4 aromatic rings. The molecule has 1 aliphatic rings. The van der Waals surface area contributed by atoms with Crippen LogP contribution < -0.4 is 15.1 Å². The minimum absolute atomic E-state index is 0.0966. The van der Waals surface area contributed by atoms with Crippen LogP contribution in [0.5, 0.6) is 5.75 Å². The largest absolute Gasteiger partial charge is 0.494 e. The number of carbonyl (C=O) groups is 1. The van der Waals surface area contributed by atoms with Crippen LogP contribution in [0.1, 0.15) is 66.4 Å². The van der Waals surface area contributed by atoms with Crippen LogP contribution >= 0.6 is 15.9 Å². The van der Waals surface area contributed by atoms with Gasteiger partial charge in [0.25, 0.3) is 5.91 Å². The second-order valence-electron chi connectivity index (χ2n) is 9.04. The Morgan fingerprint density at radius 2 is 1.69 bits per heavy atom. The summed E-state index contributed by atoms with van der Waals surface area (Å²) in [5, 5.41) is 0.444. The third-order valence-corrected chi connectivity index (χ3v) is 7.16. The first kappa shape index (κ1) is 24.3. The molecule has 2 heterocycles. The molecule has 1 amide bonds. The summed E-state index contributed by atoms with van der Waals surface area (Å²) < 4.78 is 12.7. The second kappa shape index (κ2) is 10.3. The predicted molar refractivity (Wildman–Crippen MR) is 146 cm³/mol. The van der Waals surface area contributed by atoms with E-state index in [0.717, 1.165) is 47.2 Å². The zero-order valence-corrected chi connectivity index (χ0v) is 22.0. The monoisotopic (exact) mass is 545 g/mol. The van der Waals surface area contributed by atoms with Gasteiger partial charge in [-0.25, -0.2) is 0 Å². The molecule has 0 radical (unpaired) electrons. The number of hydrogen-bond acceptors (Lipinski definition) is 4. The van der Waals surface area contributed by atoms with Crippen molar-refractivity contribution in [2.45, 2.75) is 45.6 Å². The minimum Gasteiger partial charge on any atom is -0.494 e. The summed E-state index contributed by atoms with van der Waals surface area (Å²) in [6, 6.07) is 20.2. The first-order valence-corrected chi connectivity index (χ1v) is 13.2. The molecular formula is C30H28BrNO4. The van der Waals surface area contributed by atoms with Crippen molar-refractivity contribution < 1.29 is 13.9 Å². The second-order valence-corrected chi connectivity index (χ2v) is 9.95. The highest BCUT2D eigenvalue weighted by molar-refractivity contribution is 9.10. The highest BCUT2D eigenvalue weighted by atomic mass is 79.9. The summed E-state index contributed by atoms with van der Waals surface area (Å²) in [4.78, 5) is 29.2. The number of ether oxygens (including phenoxy) is 1. The summed E-state index contributed by atoms with van der Waals surface area (Å²) in [6.07, 6.45) is 4.18. The molecule has 3 aromatic carbocycles. The molecule has 0 bridgehead atoms. The van der Waals surface area contributed by atoms with E-state index in [2.05, 4.69) is 29.8 Å². The summed E-state index contributed by atoms with van der Waals surface area (Å²) in [5.41, 5.74) is 3.28. The van der Waals surface area contributed by atoms with E-state index >= 15 is 0 Å². The number of halogens is 1. The summed E-state index contributed by atoms with van der Waals surface area (Å²) in [7, 11) is 0. The number of amides is 1. The Kier molecular flexibility index (Phi) is 6.97. The van der Waals surface area contributed by atoms with Crippen molar-refractivity contribution >= 4 is 38.5 Å². The van der Waals surface area contributed by atoms with Gasteiger partial charge < -0.3 is 9.15 Å². The van der Waals surface area contributed by atoms with Crippen LogP contribution in [0.25, 0.3) is 11.0 Å². The van der Waals surface area contributed by atoms with Crippen LogP contribution in [0.2, 0.25) is 0 Å². The highest BCUT2D eigenvalue weighted by Crippen LogP contribution is 2.41. The van der Waals surface area contributed by atoms with Crippen LogP contribution in [-0.2, 0) is 6.42 Å². The molecule has 5 nitrogen and oxygen atoms in total. The van der Waals surface area contributed by atoms with E-state index in [0.29, 0.717) is 23.1 Å². The van der Waals surface area contributed by atoms with Crippen molar-refractivity contribution in [3.05, 3.63) is 104 Å². The van der Waals surface area contributed by atoms with Crippen LogP contribution in [0, 0.1) is 0 Å². The minimum atomic E-state index is -0.603. The third kappa shape index (κ3) is 4.46. The predicted octanol–water partition coefficient (Wildman–Crippen LogP) is 7.44. The SMILES string of the molecule is CCCCCOc1ccc(C2c3c(oc4ccc(Br)cc4c3=O)C(=O)N2c2ccc(CC)cc2)cc1. The molecule has 36 heavy (non-hydrogen) atoms. The molecule has 0 fully saturated rings. The lowest BCUT2D eigenvalue weighted by atomic mass is 9.98. The lowest BCUT2D eigenvalue weighted by Crippen LogP contribution is -2.29. The van der Waals surface area contributed by atoms with Gasteiger partial charge >= 0.3 is 0 Å². The fourth-order valence-corrected chi connectivity index (χ4v) is 5.07. The maximum atomic E-state index is 13.8. The Morgan fingerprint density at radius 1 is 0.944 bits per heavy atom. The topological polar surface area (TPSA) is 59.8 Å². The van der Waals surface area contributed by atoms with Crippen LogP contribution in [-0.4, -0.2) is 12.5 Å². The Hall–Kier alpha value is -3.38. The highest BCUT2D eigenvalue weighted by Gasteiger charge is 2.43. The van der Waals surface area contributed by atoms with Gasteiger partial charge in [-0.2, -0.15) is 0 Å². The van der Waals surface area contributed by atoms with E-state index in [-0.39, 0.29) is 17.1 Å². The van der Waals surface area contributed by atoms with Crippen molar-refractivity contribution in [2.24, 2.45) is 0 Å². The molecule has 5 rings (SSSR count).